The minimum atomic E-state index is -0.689. The molecule has 0 amide bonds. The summed E-state index contributed by atoms with van der Waals surface area (Å²) in [5.74, 6) is -0.454. The van der Waals surface area contributed by atoms with E-state index in [1.54, 1.807) is 6.07 Å². The highest BCUT2D eigenvalue weighted by molar-refractivity contribution is 5.40. The molecule has 18 heavy (non-hydrogen) atoms. The number of ether oxygens (including phenoxy) is 2. The lowest BCUT2D eigenvalue weighted by atomic mass is 10.4. The number of hydrogen-bond acceptors (Lipinski definition) is 6. The molecule has 0 N–H and O–H groups in total. The third-order valence-electron chi connectivity index (χ3n) is 2.08. The van der Waals surface area contributed by atoms with Crippen molar-refractivity contribution in [1.29, 1.82) is 5.26 Å². The summed E-state index contributed by atoms with van der Waals surface area (Å²) in [5, 5.41) is 23.1. The molecule has 0 saturated carbocycles. The second kappa shape index (κ2) is 6.68. The lowest BCUT2D eigenvalue weighted by Crippen LogP contribution is -2.24. The quantitative estimate of drug-likeness (QED) is 0.409. The van der Waals surface area contributed by atoms with Crippen molar-refractivity contribution in [2.45, 2.75) is 26.7 Å². The van der Waals surface area contributed by atoms with Crippen molar-refractivity contribution in [2.24, 2.45) is 0 Å². The minimum absolute atomic E-state index is 0.0771. The van der Waals surface area contributed by atoms with E-state index in [-0.39, 0.29) is 12.1 Å². The molecular weight excluding hydrogens is 240 g/mol. The van der Waals surface area contributed by atoms with Crippen molar-refractivity contribution in [3.05, 3.63) is 21.9 Å². The summed E-state index contributed by atoms with van der Waals surface area (Å²) in [7, 11) is 0. The highest BCUT2D eigenvalue weighted by Crippen LogP contribution is 2.15. The normalized spacial score (nSPS) is 10.6. The zero-order valence-electron chi connectivity index (χ0n) is 10.2. The zero-order chi connectivity index (χ0) is 13.5. The van der Waals surface area contributed by atoms with E-state index in [4.69, 9.17) is 14.7 Å². The highest BCUT2D eigenvalue weighted by Gasteiger charge is 2.22. The first-order chi connectivity index (χ1) is 8.62. The molecule has 1 rings (SSSR count). The van der Waals surface area contributed by atoms with Crippen LogP contribution < -0.4 is 0 Å². The molecule has 1 heterocycles. The summed E-state index contributed by atoms with van der Waals surface area (Å²) in [6.45, 7) is 4.75. The van der Waals surface area contributed by atoms with Crippen LogP contribution in [-0.4, -0.2) is 34.2 Å². The van der Waals surface area contributed by atoms with Crippen LogP contribution in [0.1, 0.15) is 19.4 Å². The van der Waals surface area contributed by atoms with E-state index in [9.17, 15) is 10.1 Å². The Morgan fingerprint density at radius 1 is 1.56 bits per heavy atom. The monoisotopic (exact) mass is 254 g/mol. The number of rotatable bonds is 7. The lowest BCUT2D eigenvalue weighted by Gasteiger charge is -2.14. The summed E-state index contributed by atoms with van der Waals surface area (Å²) >= 11 is 0. The Labute approximate surface area is 104 Å². The Hall–Kier alpha value is -1.98. The van der Waals surface area contributed by atoms with Crippen LogP contribution in [0.4, 0.5) is 5.82 Å². The first kappa shape index (κ1) is 14.1. The number of nitro groups is 1. The summed E-state index contributed by atoms with van der Waals surface area (Å²) in [6, 6.07) is 1.73. The molecular formula is C10H14N4O4. The molecule has 0 radical (unpaired) electrons. The van der Waals surface area contributed by atoms with Crippen LogP contribution in [0.2, 0.25) is 0 Å². The average Bonchev–Trinajstić information content (AvgIpc) is 2.73. The molecule has 0 aliphatic carbocycles. The third-order valence-corrected chi connectivity index (χ3v) is 2.08. The Bertz CT molecular complexity index is 445. The highest BCUT2D eigenvalue weighted by atomic mass is 16.7. The molecule has 0 spiro atoms. The number of hydrogen-bond donors (Lipinski definition) is 0. The van der Waals surface area contributed by atoms with Crippen LogP contribution in [0, 0.1) is 21.4 Å². The third kappa shape index (κ3) is 3.51. The van der Waals surface area contributed by atoms with Gasteiger partial charge in [0.2, 0.25) is 0 Å². The molecule has 0 bridgehead atoms. The molecule has 0 unspecified atom stereocenters. The Balaban J connectivity index is 2.83. The van der Waals surface area contributed by atoms with Crippen LogP contribution >= 0.6 is 0 Å². The molecule has 0 aromatic carbocycles. The van der Waals surface area contributed by atoms with Crippen molar-refractivity contribution < 1.29 is 14.4 Å². The summed E-state index contributed by atoms with van der Waals surface area (Å²) < 4.78 is 11.9. The molecule has 0 fully saturated rings. The van der Waals surface area contributed by atoms with Gasteiger partial charge < -0.3 is 19.6 Å². The van der Waals surface area contributed by atoms with Gasteiger partial charge in [-0.25, -0.2) is 0 Å². The first-order valence-corrected chi connectivity index (χ1v) is 5.47. The average molecular weight is 254 g/mol. The molecule has 98 valence electrons. The fourth-order valence-electron chi connectivity index (χ4n) is 1.40. The maximum atomic E-state index is 10.6. The van der Waals surface area contributed by atoms with Crippen LogP contribution in [0.5, 0.6) is 0 Å². The van der Waals surface area contributed by atoms with Gasteiger partial charge in [0.1, 0.15) is 12.6 Å². The Morgan fingerprint density at radius 3 is 2.56 bits per heavy atom. The fourth-order valence-corrected chi connectivity index (χ4v) is 1.40. The van der Waals surface area contributed by atoms with Crippen LogP contribution in [0.25, 0.3) is 0 Å². The minimum Gasteiger partial charge on any atom is -0.358 e. The van der Waals surface area contributed by atoms with Gasteiger partial charge in [0.05, 0.1) is 11.3 Å². The van der Waals surface area contributed by atoms with E-state index < -0.39 is 17.0 Å². The summed E-state index contributed by atoms with van der Waals surface area (Å²) in [6.07, 6.45) is 0.773. The van der Waals surface area contributed by atoms with Crippen LogP contribution in [0.15, 0.2) is 6.20 Å². The van der Waals surface area contributed by atoms with E-state index in [0.717, 1.165) is 0 Å². The molecule has 0 aliphatic rings. The second-order valence-corrected chi connectivity index (χ2v) is 3.30. The summed E-state index contributed by atoms with van der Waals surface area (Å²) in [5.41, 5.74) is -0.0771. The molecule has 8 heteroatoms. The molecule has 0 atom stereocenters. The van der Waals surface area contributed by atoms with Crippen molar-refractivity contribution >= 4 is 5.82 Å². The van der Waals surface area contributed by atoms with Crippen molar-refractivity contribution in [2.75, 3.05) is 13.2 Å². The van der Waals surface area contributed by atoms with Gasteiger partial charge in [-0.3, -0.25) is 0 Å². The fraction of sp³-hybridized carbons (Fsp3) is 0.600. The van der Waals surface area contributed by atoms with Crippen molar-refractivity contribution in [3.63, 3.8) is 0 Å². The van der Waals surface area contributed by atoms with E-state index in [1.165, 1.54) is 10.9 Å². The molecule has 1 aromatic heterocycles. The Morgan fingerprint density at radius 2 is 2.17 bits per heavy atom. The van der Waals surface area contributed by atoms with Crippen molar-refractivity contribution in [1.82, 2.24) is 9.78 Å². The van der Waals surface area contributed by atoms with Gasteiger partial charge in [0.15, 0.2) is 11.9 Å². The van der Waals surface area contributed by atoms with Crippen molar-refractivity contribution in [3.8, 4) is 6.07 Å². The van der Waals surface area contributed by atoms with Gasteiger partial charge in [-0.2, -0.15) is 9.94 Å². The molecule has 8 nitrogen and oxygen atoms in total. The van der Waals surface area contributed by atoms with E-state index in [2.05, 4.69) is 5.10 Å². The zero-order valence-corrected chi connectivity index (χ0v) is 10.2. The largest absolute Gasteiger partial charge is 0.407 e. The van der Waals surface area contributed by atoms with E-state index in [1.807, 2.05) is 13.8 Å². The molecule has 0 aliphatic heterocycles. The van der Waals surface area contributed by atoms with Gasteiger partial charge in [-0.05, 0) is 18.8 Å². The second-order valence-electron chi connectivity index (χ2n) is 3.30. The summed E-state index contributed by atoms with van der Waals surface area (Å²) in [4.78, 5) is 9.96. The van der Waals surface area contributed by atoms with Gasteiger partial charge in [-0.15, -0.1) is 0 Å². The van der Waals surface area contributed by atoms with Gasteiger partial charge in [0, 0.05) is 13.2 Å². The Kier molecular flexibility index (Phi) is 5.23. The smallest absolute Gasteiger partial charge is 0.358 e. The van der Waals surface area contributed by atoms with Gasteiger partial charge >= 0.3 is 5.82 Å². The van der Waals surface area contributed by atoms with Gasteiger partial charge in [0.25, 0.3) is 0 Å². The van der Waals surface area contributed by atoms with Crippen LogP contribution in [0.3, 0.4) is 0 Å². The topological polar surface area (TPSA) is 103 Å². The maximum Gasteiger partial charge on any atom is 0.407 e. The molecule has 1 aromatic rings. The SMILES string of the molecule is CCOC(Cn1cc(C#N)c([N+](=O)[O-])n1)OCC. The standard InChI is InChI=1S/C10H14N4O4/c1-3-17-9(18-4-2)7-13-6-8(5-11)10(12-13)14(15)16/h6,9H,3-4,7H2,1-2H3. The first-order valence-electron chi connectivity index (χ1n) is 5.47. The predicted molar refractivity (Wildman–Crippen MR) is 60.6 cm³/mol. The number of nitriles is 1. The van der Waals surface area contributed by atoms with E-state index >= 15 is 0 Å². The maximum absolute atomic E-state index is 10.6. The number of nitrogens with zero attached hydrogens (tertiary/aromatic N) is 4. The molecule has 0 saturated heterocycles. The van der Waals surface area contributed by atoms with Gasteiger partial charge in [-0.1, -0.05) is 0 Å². The predicted octanol–water partition coefficient (Wildman–Crippen LogP) is 1.06. The van der Waals surface area contributed by atoms with Crippen LogP contribution in [-0.2, 0) is 16.0 Å². The number of aromatic nitrogens is 2. The lowest BCUT2D eigenvalue weighted by molar-refractivity contribution is -0.390. The van der Waals surface area contributed by atoms with E-state index in [0.29, 0.717) is 13.2 Å².